The standard InChI is InChI=1S/C14H11N5O3S/c1-7-5-10(23-2)21-11(7)13-15-12(18-22-13)8-3-4-19-9(6-8)16-17-14(19)20/h3-6H,1-2H3,(H,17,20). The molecule has 1 N–H and O–H groups in total. The fourth-order valence-corrected chi connectivity index (χ4v) is 2.70. The second kappa shape index (κ2) is 5.13. The van der Waals surface area contributed by atoms with Crippen molar-refractivity contribution in [1.82, 2.24) is 24.7 Å². The third kappa shape index (κ3) is 2.25. The molecule has 0 aliphatic carbocycles. The van der Waals surface area contributed by atoms with Gasteiger partial charge < -0.3 is 8.94 Å². The lowest BCUT2D eigenvalue weighted by Crippen LogP contribution is -2.08. The molecule has 9 heteroatoms. The molecule has 23 heavy (non-hydrogen) atoms. The van der Waals surface area contributed by atoms with Crippen LogP contribution in [0.5, 0.6) is 0 Å². The number of rotatable bonds is 3. The van der Waals surface area contributed by atoms with Gasteiger partial charge in [0.25, 0.3) is 5.89 Å². The fraction of sp³-hybridized carbons (Fsp3) is 0.143. The summed E-state index contributed by atoms with van der Waals surface area (Å²) in [7, 11) is 0. The van der Waals surface area contributed by atoms with E-state index in [0.29, 0.717) is 28.7 Å². The van der Waals surface area contributed by atoms with E-state index >= 15 is 0 Å². The van der Waals surface area contributed by atoms with E-state index in [2.05, 4.69) is 20.3 Å². The lowest BCUT2D eigenvalue weighted by Gasteiger charge is -1.94. The highest BCUT2D eigenvalue weighted by Crippen LogP contribution is 2.30. The molecule has 0 spiro atoms. The number of hydrogen-bond acceptors (Lipinski definition) is 7. The van der Waals surface area contributed by atoms with Crippen LogP contribution in [-0.4, -0.2) is 31.0 Å². The molecular weight excluding hydrogens is 318 g/mol. The molecule has 0 fully saturated rings. The quantitative estimate of drug-likeness (QED) is 0.576. The third-order valence-corrected chi connectivity index (χ3v) is 4.00. The van der Waals surface area contributed by atoms with Crippen LogP contribution in [0.3, 0.4) is 0 Å². The lowest BCUT2D eigenvalue weighted by molar-refractivity contribution is 0.403. The molecule has 0 aromatic carbocycles. The van der Waals surface area contributed by atoms with Gasteiger partial charge in [0.15, 0.2) is 16.5 Å². The number of furan rings is 1. The number of fused-ring (bicyclic) bond motifs is 1. The predicted octanol–water partition coefficient (Wildman–Crippen LogP) is 2.36. The molecule has 0 radical (unpaired) electrons. The zero-order valence-corrected chi connectivity index (χ0v) is 13.0. The maximum absolute atomic E-state index is 11.5. The van der Waals surface area contributed by atoms with E-state index in [9.17, 15) is 4.79 Å². The largest absolute Gasteiger partial charge is 0.444 e. The van der Waals surface area contributed by atoms with Crippen molar-refractivity contribution in [3.8, 4) is 23.0 Å². The van der Waals surface area contributed by atoms with Gasteiger partial charge in [-0.2, -0.15) is 10.1 Å². The lowest BCUT2D eigenvalue weighted by atomic mass is 10.2. The average molecular weight is 329 g/mol. The molecule has 4 rings (SSSR count). The summed E-state index contributed by atoms with van der Waals surface area (Å²) >= 11 is 1.50. The number of nitrogens with zero attached hydrogens (tertiary/aromatic N) is 4. The molecule has 4 heterocycles. The van der Waals surface area contributed by atoms with Crippen molar-refractivity contribution >= 4 is 17.4 Å². The number of H-pyrrole nitrogens is 1. The minimum atomic E-state index is -0.295. The van der Waals surface area contributed by atoms with Crippen LogP contribution in [-0.2, 0) is 0 Å². The van der Waals surface area contributed by atoms with Gasteiger partial charge in [-0.1, -0.05) is 16.9 Å². The molecule has 0 unspecified atom stereocenters. The fourth-order valence-electron chi connectivity index (χ4n) is 2.24. The Morgan fingerprint density at radius 3 is 3.00 bits per heavy atom. The molecule has 4 aromatic rings. The molecule has 116 valence electrons. The van der Waals surface area contributed by atoms with Gasteiger partial charge >= 0.3 is 5.69 Å². The van der Waals surface area contributed by atoms with Crippen molar-refractivity contribution in [3.63, 3.8) is 0 Å². The van der Waals surface area contributed by atoms with Crippen molar-refractivity contribution in [2.24, 2.45) is 0 Å². The smallest absolute Gasteiger partial charge is 0.347 e. The summed E-state index contributed by atoms with van der Waals surface area (Å²) < 4.78 is 12.4. The second-order valence-electron chi connectivity index (χ2n) is 4.88. The predicted molar refractivity (Wildman–Crippen MR) is 83.3 cm³/mol. The topological polar surface area (TPSA) is 102 Å². The number of nitrogens with one attached hydrogen (secondary N) is 1. The van der Waals surface area contributed by atoms with E-state index in [4.69, 9.17) is 8.94 Å². The molecule has 0 aliphatic rings. The van der Waals surface area contributed by atoms with Gasteiger partial charge in [-0.3, -0.25) is 4.40 Å². The Morgan fingerprint density at radius 1 is 1.35 bits per heavy atom. The van der Waals surface area contributed by atoms with E-state index in [1.165, 1.54) is 16.2 Å². The summed E-state index contributed by atoms with van der Waals surface area (Å²) in [4.78, 5) is 15.8. The zero-order valence-electron chi connectivity index (χ0n) is 12.2. The van der Waals surface area contributed by atoms with Crippen LogP contribution in [0.2, 0.25) is 0 Å². The van der Waals surface area contributed by atoms with Gasteiger partial charge in [-0.25, -0.2) is 9.89 Å². The summed E-state index contributed by atoms with van der Waals surface area (Å²) in [5, 5.41) is 11.1. The van der Waals surface area contributed by atoms with E-state index in [1.54, 1.807) is 18.3 Å². The Hall–Kier alpha value is -2.81. The highest BCUT2D eigenvalue weighted by Gasteiger charge is 2.18. The first kappa shape index (κ1) is 13.8. The molecule has 8 nitrogen and oxygen atoms in total. The van der Waals surface area contributed by atoms with E-state index in [0.717, 1.165) is 10.7 Å². The first-order valence-electron chi connectivity index (χ1n) is 6.71. The molecule has 0 aliphatic heterocycles. The third-order valence-electron chi connectivity index (χ3n) is 3.39. The minimum Gasteiger partial charge on any atom is -0.444 e. The van der Waals surface area contributed by atoms with E-state index < -0.39 is 0 Å². The van der Waals surface area contributed by atoms with Gasteiger partial charge in [0, 0.05) is 17.3 Å². The first-order valence-corrected chi connectivity index (χ1v) is 7.94. The highest BCUT2D eigenvalue weighted by atomic mass is 32.2. The van der Waals surface area contributed by atoms with Crippen LogP contribution in [0.1, 0.15) is 5.56 Å². The monoisotopic (exact) mass is 329 g/mol. The van der Waals surface area contributed by atoms with Crippen molar-refractivity contribution in [3.05, 3.63) is 40.4 Å². The number of thioether (sulfide) groups is 1. The molecule has 0 amide bonds. The van der Waals surface area contributed by atoms with Crippen LogP contribution in [0, 0.1) is 6.92 Å². The Balaban J connectivity index is 1.76. The van der Waals surface area contributed by atoms with E-state index in [1.807, 2.05) is 19.2 Å². The van der Waals surface area contributed by atoms with Crippen LogP contribution in [0.25, 0.3) is 28.7 Å². The highest BCUT2D eigenvalue weighted by molar-refractivity contribution is 7.98. The number of aryl methyl sites for hydroxylation is 1. The summed E-state index contributed by atoms with van der Waals surface area (Å²) in [6.45, 7) is 1.92. The van der Waals surface area contributed by atoms with Crippen LogP contribution >= 0.6 is 11.8 Å². The Bertz CT molecular complexity index is 1060. The van der Waals surface area contributed by atoms with Gasteiger partial charge in [0.05, 0.1) is 0 Å². The van der Waals surface area contributed by atoms with Crippen LogP contribution < -0.4 is 5.69 Å². The summed E-state index contributed by atoms with van der Waals surface area (Å²) in [5.41, 5.74) is 1.81. The number of hydrogen-bond donors (Lipinski definition) is 1. The summed E-state index contributed by atoms with van der Waals surface area (Å²) in [5.74, 6) is 1.28. The zero-order chi connectivity index (χ0) is 16.0. The van der Waals surface area contributed by atoms with Gasteiger partial charge in [-0.05, 0) is 31.4 Å². The average Bonchev–Trinajstić information content (AvgIpc) is 3.26. The normalized spacial score (nSPS) is 11.4. The Morgan fingerprint density at radius 2 is 2.22 bits per heavy atom. The number of pyridine rings is 1. The Kier molecular flexibility index (Phi) is 3.08. The van der Waals surface area contributed by atoms with Gasteiger partial charge in [-0.15, -0.1) is 0 Å². The maximum Gasteiger partial charge on any atom is 0.347 e. The molecule has 0 bridgehead atoms. The van der Waals surface area contributed by atoms with Crippen molar-refractivity contribution < 1.29 is 8.94 Å². The van der Waals surface area contributed by atoms with Crippen molar-refractivity contribution in [2.45, 2.75) is 12.0 Å². The first-order chi connectivity index (χ1) is 11.2. The van der Waals surface area contributed by atoms with Gasteiger partial charge in [0.1, 0.15) is 0 Å². The number of aromatic amines is 1. The minimum absolute atomic E-state index is 0.295. The molecule has 0 atom stereocenters. The van der Waals surface area contributed by atoms with E-state index in [-0.39, 0.29) is 5.69 Å². The number of aromatic nitrogens is 5. The second-order valence-corrected chi connectivity index (χ2v) is 5.69. The molecule has 0 saturated carbocycles. The van der Waals surface area contributed by atoms with Crippen LogP contribution in [0.4, 0.5) is 0 Å². The summed E-state index contributed by atoms with van der Waals surface area (Å²) in [6, 6.07) is 5.35. The molecular formula is C14H11N5O3S. The Labute approximate surface area is 133 Å². The maximum atomic E-state index is 11.5. The van der Waals surface area contributed by atoms with Crippen LogP contribution in [0.15, 0.2) is 43.2 Å². The molecule has 4 aromatic heterocycles. The van der Waals surface area contributed by atoms with Crippen molar-refractivity contribution in [2.75, 3.05) is 6.26 Å². The molecule has 0 saturated heterocycles. The SMILES string of the molecule is CSc1cc(C)c(-c2nc(-c3ccn4c(=O)[nH]nc4c3)no2)o1. The van der Waals surface area contributed by atoms with Crippen molar-refractivity contribution in [1.29, 1.82) is 0 Å². The van der Waals surface area contributed by atoms with Gasteiger partial charge in [0.2, 0.25) is 5.82 Å². The summed E-state index contributed by atoms with van der Waals surface area (Å²) in [6.07, 6.45) is 3.54.